The molecule has 2 aromatic rings. The molecule has 0 bridgehead atoms. The van der Waals surface area contributed by atoms with Crippen molar-refractivity contribution >= 4 is 5.91 Å². The van der Waals surface area contributed by atoms with E-state index in [1.165, 1.54) is 29.8 Å². The summed E-state index contributed by atoms with van der Waals surface area (Å²) in [6.07, 6.45) is -0.0708. The van der Waals surface area contributed by atoms with E-state index in [0.29, 0.717) is 25.3 Å². The first-order valence-electron chi connectivity index (χ1n) is 10.6. The van der Waals surface area contributed by atoms with Crippen LogP contribution in [0.25, 0.3) is 0 Å². The standard InChI is InChI=1S/C24H32FN3O3/c1-26(2)12-13-28(24(29)20-6-8-21(25)9-7-20)18-23-17-27(14-15-31-23)16-19-4-10-22(30-3)11-5-19/h4-11,23H,12-18H2,1-3H3. The zero-order valence-electron chi connectivity index (χ0n) is 18.6. The van der Waals surface area contributed by atoms with Crippen molar-refractivity contribution in [2.75, 3.05) is 60.5 Å². The average Bonchev–Trinajstić information content (AvgIpc) is 2.77. The number of ether oxygens (including phenoxy) is 2. The van der Waals surface area contributed by atoms with Crippen LogP contribution in [0.2, 0.25) is 0 Å². The Kier molecular flexibility index (Phi) is 8.40. The van der Waals surface area contributed by atoms with Crippen molar-refractivity contribution in [2.45, 2.75) is 12.6 Å². The Bertz CT molecular complexity index is 827. The summed E-state index contributed by atoms with van der Waals surface area (Å²) < 4.78 is 24.5. The molecule has 0 saturated carbocycles. The number of carbonyl (C=O) groups excluding carboxylic acids is 1. The van der Waals surface area contributed by atoms with Crippen LogP contribution >= 0.6 is 0 Å². The van der Waals surface area contributed by atoms with Crippen LogP contribution in [0.15, 0.2) is 48.5 Å². The van der Waals surface area contributed by atoms with Crippen LogP contribution in [-0.4, -0.2) is 87.2 Å². The molecule has 3 rings (SSSR count). The molecule has 1 unspecified atom stereocenters. The van der Waals surface area contributed by atoms with Gasteiger partial charge in [0.05, 0.1) is 19.8 Å². The number of amides is 1. The molecule has 168 valence electrons. The number of likely N-dealkylation sites (N-methyl/N-ethyl adjacent to an activating group) is 1. The lowest BCUT2D eigenvalue weighted by molar-refractivity contribution is -0.0432. The van der Waals surface area contributed by atoms with Crippen molar-refractivity contribution in [2.24, 2.45) is 0 Å². The number of hydrogen-bond donors (Lipinski definition) is 0. The lowest BCUT2D eigenvalue weighted by atomic mass is 10.1. The number of benzene rings is 2. The van der Waals surface area contributed by atoms with E-state index in [2.05, 4.69) is 17.0 Å². The quantitative estimate of drug-likeness (QED) is 0.613. The van der Waals surface area contributed by atoms with E-state index in [9.17, 15) is 9.18 Å². The molecule has 2 aromatic carbocycles. The predicted molar refractivity (Wildman–Crippen MR) is 119 cm³/mol. The van der Waals surface area contributed by atoms with Crippen molar-refractivity contribution in [3.63, 3.8) is 0 Å². The summed E-state index contributed by atoms with van der Waals surface area (Å²) >= 11 is 0. The van der Waals surface area contributed by atoms with Gasteiger partial charge in [-0.25, -0.2) is 4.39 Å². The smallest absolute Gasteiger partial charge is 0.253 e. The molecule has 1 aliphatic heterocycles. The molecule has 0 radical (unpaired) electrons. The fourth-order valence-corrected chi connectivity index (χ4v) is 3.64. The lowest BCUT2D eigenvalue weighted by Crippen LogP contribution is -2.49. The fourth-order valence-electron chi connectivity index (χ4n) is 3.64. The van der Waals surface area contributed by atoms with E-state index in [-0.39, 0.29) is 17.8 Å². The molecule has 0 N–H and O–H groups in total. The Hall–Kier alpha value is -2.48. The van der Waals surface area contributed by atoms with Crippen molar-refractivity contribution in [3.05, 3.63) is 65.5 Å². The molecule has 0 aliphatic carbocycles. The molecule has 0 aromatic heterocycles. The fraction of sp³-hybridized carbons (Fsp3) is 0.458. The molecule has 31 heavy (non-hydrogen) atoms. The molecule has 1 amide bonds. The van der Waals surface area contributed by atoms with Crippen molar-refractivity contribution in [3.8, 4) is 5.75 Å². The first-order chi connectivity index (χ1) is 14.9. The Balaban J connectivity index is 1.63. The molecule has 7 heteroatoms. The maximum absolute atomic E-state index is 13.3. The Morgan fingerprint density at radius 3 is 2.48 bits per heavy atom. The first-order valence-corrected chi connectivity index (χ1v) is 10.6. The minimum absolute atomic E-state index is 0.0708. The van der Waals surface area contributed by atoms with Gasteiger partial charge in [0.2, 0.25) is 0 Å². The maximum atomic E-state index is 13.3. The SMILES string of the molecule is COc1ccc(CN2CCOC(CN(CCN(C)C)C(=O)c3ccc(F)cc3)C2)cc1. The van der Waals surface area contributed by atoms with Crippen LogP contribution in [0.1, 0.15) is 15.9 Å². The zero-order valence-corrected chi connectivity index (χ0v) is 18.6. The Morgan fingerprint density at radius 1 is 1.13 bits per heavy atom. The van der Waals surface area contributed by atoms with Gasteiger partial charge in [-0.15, -0.1) is 0 Å². The van der Waals surface area contributed by atoms with Gasteiger partial charge in [-0.1, -0.05) is 12.1 Å². The molecular formula is C24H32FN3O3. The molecule has 1 fully saturated rings. The van der Waals surface area contributed by atoms with Gasteiger partial charge in [0, 0.05) is 44.8 Å². The minimum Gasteiger partial charge on any atom is -0.497 e. The molecule has 1 saturated heterocycles. The Labute approximate surface area is 184 Å². The summed E-state index contributed by atoms with van der Waals surface area (Å²) in [5.74, 6) is 0.401. The van der Waals surface area contributed by atoms with Gasteiger partial charge in [-0.05, 0) is 56.1 Å². The number of halogens is 1. The second-order valence-electron chi connectivity index (χ2n) is 8.14. The normalized spacial score (nSPS) is 17.0. The van der Waals surface area contributed by atoms with Crippen LogP contribution in [0, 0.1) is 5.82 Å². The van der Waals surface area contributed by atoms with Crippen LogP contribution in [-0.2, 0) is 11.3 Å². The van der Waals surface area contributed by atoms with E-state index in [4.69, 9.17) is 9.47 Å². The highest BCUT2D eigenvalue weighted by Crippen LogP contribution is 2.16. The number of rotatable bonds is 9. The highest BCUT2D eigenvalue weighted by Gasteiger charge is 2.26. The number of hydrogen-bond acceptors (Lipinski definition) is 5. The van der Waals surface area contributed by atoms with Gasteiger partial charge in [0.1, 0.15) is 11.6 Å². The molecule has 1 atom stereocenters. The summed E-state index contributed by atoms with van der Waals surface area (Å²) in [6, 6.07) is 13.8. The summed E-state index contributed by atoms with van der Waals surface area (Å²) in [6.45, 7) is 4.90. The molecule has 1 heterocycles. The zero-order chi connectivity index (χ0) is 22.2. The highest BCUT2D eigenvalue weighted by molar-refractivity contribution is 5.94. The van der Waals surface area contributed by atoms with Crippen LogP contribution in [0.5, 0.6) is 5.75 Å². The third-order valence-corrected chi connectivity index (χ3v) is 5.41. The predicted octanol–water partition coefficient (Wildman–Crippen LogP) is 2.74. The number of nitrogens with zero attached hydrogens (tertiary/aromatic N) is 3. The van der Waals surface area contributed by atoms with Gasteiger partial charge in [-0.2, -0.15) is 0 Å². The van der Waals surface area contributed by atoms with Gasteiger partial charge in [0.25, 0.3) is 5.91 Å². The summed E-state index contributed by atoms with van der Waals surface area (Å²) in [5, 5.41) is 0. The van der Waals surface area contributed by atoms with Gasteiger partial charge in [0.15, 0.2) is 0 Å². The highest BCUT2D eigenvalue weighted by atomic mass is 19.1. The Morgan fingerprint density at radius 2 is 1.84 bits per heavy atom. The number of methoxy groups -OCH3 is 1. The summed E-state index contributed by atoms with van der Waals surface area (Å²) in [7, 11) is 5.62. The maximum Gasteiger partial charge on any atom is 0.253 e. The summed E-state index contributed by atoms with van der Waals surface area (Å²) in [4.78, 5) is 19.3. The summed E-state index contributed by atoms with van der Waals surface area (Å²) in [5.41, 5.74) is 1.71. The third-order valence-electron chi connectivity index (χ3n) is 5.41. The lowest BCUT2D eigenvalue weighted by Gasteiger charge is -2.36. The van der Waals surface area contributed by atoms with Gasteiger partial charge < -0.3 is 19.3 Å². The molecule has 6 nitrogen and oxygen atoms in total. The average molecular weight is 430 g/mol. The van der Waals surface area contributed by atoms with Gasteiger partial charge >= 0.3 is 0 Å². The number of morpholine rings is 1. The van der Waals surface area contributed by atoms with Crippen LogP contribution in [0.4, 0.5) is 4.39 Å². The second-order valence-corrected chi connectivity index (χ2v) is 8.14. The molecule has 1 aliphatic rings. The molecular weight excluding hydrogens is 397 g/mol. The van der Waals surface area contributed by atoms with Crippen molar-refractivity contribution < 1.29 is 18.7 Å². The van der Waals surface area contributed by atoms with Crippen LogP contribution in [0.3, 0.4) is 0 Å². The van der Waals surface area contributed by atoms with E-state index in [0.717, 1.165) is 31.9 Å². The van der Waals surface area contributed by atoms with E-state index >= 15 is 0 Å². The topological polar surface area (TPSA) is 45.3 Å². The monoisotopic (exact) mass is 429 g/mol. The van der Waals surface area contributed by atoms with Crippen molar-refractivity contribution in [1.82, 2.24) is 14.7 Å². The van der Waals surface area contributed by atoms with E-state index < -0.39 is 0 Å². The second kappa shape index (κ2) is 11.2. The molecule has 0 spiro atoms. The van der Waals surface area contributed by atoms with Crippen molar-refractivity contribution in [1.29, 1.82) is 0 Å². The third kappa shape index (κ3) is 7.02. The largest absolute Gasteiger partial charge is 0.497 e. The van der Waals surface area contributed by atoms with Gasteiger partial charge in [-0.3, -0.25) is 9.69 Å². The first kappa shape index (κ1) is 23.2. The van der Waals surface area contributed by atoms with E-state index in [1.54, 1.807) is 7.11 Å². The minimum atomic E-state index is -0.346. The number of carbonyl (C=O) groups is 1. The van der Waals surface area contributed by atoms with Crippen LogP contribution < -0.4 is 4.74 Å². The van der Waals surface area contributed by atoms with E-state index in [1.807, 2.05) is 36.0 Å².